The monoisotopic (exact) mass is 197 g/mol. The molecule has 1 aromatic heterocycles. The molecule has 2 heteroatoms. The molecule has 0 aliphatic heterocycles. The predicted octanol–water partition coefficient (Wildman–Crippen LogP) is 3.32. The third-order valence-corrected chi connectivity index (χ3v) is 2.17. The van der Waals surface area contributed by atoms with Gasteiger partial charge in [0.05, 0.1) is 0 Å². The Morgan fingerprint density at radius 1 is 1.20 bits per heavy atom. The van der Waals surface area contributed by atoms with Gasteiger partial charge in [0.25, 0.3) is 0 Å². The molecule has 0 atom stereocenters. The fraction of sp³-hybridized carbons (Fsp3) is 0.0769. The first kappa shape index (κ1) is 9.71. The van der Waals surface area contributed by atoms with Crippen molar-refractivity contribution in [3.63, 3.8) is 0 Å². The summed E-state index contributed by atoms with van der Waals surface area (Å²) in [5, 5.41) is 3.24. The van der Waals surface area contributed by atoms with Gasteiger partial charge in [0.15, 0.2) is 0 Å². The van der Waals surface area contributed by atoms with Crippen LogP contribution >= 0.6 is 0 Å². The van der Waals surface area contributed by atoms with Crippen LogP contribution in [0.2, 0.25) is 0 Å². The van der Waals surface area contributed by atoms with Crippen LogP contribution in [0.5, 0.6) is 0 Å². The molecule has 2 aromatic rings. The molecule has 1 heterocycles. The summed E-state index contributed by atoms with van der Waals surface area (Å²) in [5.74, 6) is 0.808. The fourth-order valence-electron chi connectivity index (χ4n) is 1.41. The Kier molecular flexibility index (Phi) is 2.68. The standard InChI is InChI=1S/C13H13N2/c1-10-5-3-7-12(9-10)15-13-11(2)6-4-8-14-13/h3-9H,2H2,1H3,(H,14,15). The normalized spacial score (nSPS) is 10.0. The molecule has 0 saturated heterocycles. The smallest absolute Gasteiger partial charge is 0.133 e. The minimum absolute atomic E-state index is 0.808. The number of benzene rings is 1. The molecule has 0 aliphatic rings. The number of nitrogens with zero attached hydrogens (tertiary/aromatic N) is 1. The van der Waals surface area contributed by atoms with E-state index in [1.165, 1.54) is 5.56 Å². The maximum atomic E-state index is 4.23. The van der Waals surface area contributed by atoms with Crippen molar-refractivity contribution in [2.24, 2.45) is 0 Å². The first-order chi connectivity index (χ1) is 7.25. The first-order valence-electron chi connectivity index (χ1n) is 4.86. The predicted molar refractivity (Wildman–Crippen MR) is 63.2 cm³/mol. The summed E-state index contributed by atoms with van der Waals surface area (Å²) in [5.41, 5.74) is 3.17. The molecule has 0 saturated carbocycles. The lowest BCUT2D eigenvalue weighted by atomic mass is 10.2. The van der Waals surface area contributed by atoms with Crippen LogP contribution in [0.1, 0.15) is 11.1 Å². The van der Waals surface area contributed by atoms with Gasteiger partial charge in [-0.2, -0.15) is 0 Å². The molecule has 1 radical (unpaired) electrons. The highest BCUT2D eigenvalue weighted by atomic mass is 15.0. The van der Waals surface area contributed by atoms with Gasteiger partial charge in [-0.05, 0) is 43.2 Å². The van der Waals surface area contributed by atoms with Gasteiger partial charge >= 0.3 is 0 Å². The molecular weight excluding hydrogens is 184 g/mol. The summed E-state index contributed by atoms with van der Waals surface area (Å²) in [4.78, 5) is 4.23. The number of aromatic nitrogens is 1. The van der Waals surface area contributed by atoms with E-state index in [0.717, 1.165) is 17.1 Å². The zero-order chi connectivity index (χ0) is 10.7. The van der Waals surface area contributed by atoms with Crippen molar-refractivity contribution >= 4 is 11.5 Å². The Bertz CT molecular complexity index is 464. The van der Waals surface area contributed by atoms with E-state index >= 15 is 0 Å². The van der Waals surface area contributed by atoms with Crippen molar-refractivity contribution in [1.29, 1.82) is 0 Å². The SMILES string of the molecule is [CH2]c1cccnc1Nc1cccc(C)c1. The van der Waals surface area contributed by atoms with Crippen molar-refractivity contribution in [2.45, 2.75) is 6.92 Å². The van der Waals surface area contributed by atoms with Gasteiger partial charge in [0.2, 0.25) is 0 Å². The van der Waals surface area contributed by atoms with Gasteiger partial charge in [-0.25, -0.2) is 4.98 Å². The molecule has 75 valence electrons. The van der Waals surface area contributed by atoms with Crippen molar-refractivity contribution in [3.05, 3.63) is 60.6 Å². The van der Waals surface area contributed by atoms with Gasteiger partial charge in [0.1, 0.15) is 5.82 Å². The summed E-state index contributed by atoms with van der Waals surface area (Å²) >= 11 is 0. The molecule has 0 amide bonds. The number of hydrogen-bond acceptors (Lipinski definition) is 2. The maximum absolute atomic E-state index is 4.23. The zero-order valence-electron chi connectivity index (χ0n) is 8.70. The van der Waals surface area contributed by atoms with Crippen LogP contribution < -0.4 is 5.32 Å². The maximum Gasteiger partial charge on any atom is 0.133 e. The van der Waals surface area contributed by atoms with E-state index in [-0.39, 0.29) is 0 Å². The van der Waals surface area contributed by atoms with Crippen molar-refractivity contribution in [2.75, 3.05) is 5.32 Å². The molecule has 2 rings (SSSR count). The summed E-state index contributed by atoms with van der Waals surface area (Å²) < 4.78 is 0. The highest BCUT2D eigenvalue weighted by Gasteiger charge is 1.98. The Balaban J connectivity index is 2.26. The van der Waals surface area contributed by atoms with Crippen LogP contribution in [-0.2, 0) is 0 Å². The Morgan fingerprint density at radius 2 is 2.07 bits per heavy atom. The zero-order valence-corrected chi connectivity index (χ0v) is 8.70. The van der Waals surface area contributed by atoms with Gasteiger partial charge in [-0.1, -0.05) is 18.2 Å². The highest BCUT2D eigenvalue weighted by Crippen LogP contribution is 2.17. The van der Waals surface area contributed by atoms with E-state index in [1.54, 1.807) is 6.20 Å². The minimum atomic E-state index is 0.808. The van der Waals surface area contributed by atoms with Crippen LogP contribution in [0.25, 0.3) is 0 Å². The molecule has 1 aromatic carbocycles. The van der Waals surface area contributed by atoms with E-state index in [2.05, 4.69) is 36.3 Å². The summed E-state index contributed by atoms with van der Waals surface area (Å²) in [7, 11) is 0. The van der Waals surface area contributed by atoms with E-state index in [9.17, 15) is 0 Å². The Hall–Kier alpha value is -1.83. The number of hydrogen-bond donors (Lipinski definition) is 1. The second-order valence-electron chi connectivity index (χ2n) is 3.51. The molecule has 0 fully saturated rings. The second-order valence-corrected chi connectivity index (χ2v) is 3.51. The highest BCUT2D eigenvalue weighted by molar-refractivity contribution is 5.60. The molecule has 1 N–H and O–H groups in total. The number of aryl methyl sites for hydroxylation is 1. The summed E-state index contributed by atoms with van der Waals surface area (Å²) in [6.45, 7) is 5.98. The average molecular weight is 197 g/mol. The van der Waals surface area contributed by atoms with Crippen molar-refractivity contribution in [1.82, 2.24) is 4.98 Å². The molecule has 0 spiro atoms. The van der Waals surface area contributed by atoms with Gasteiger partial charge in [-0.3, -0.25) is 0 Å². The van der Waals surface area contributed by atoms with Crippen molar-refractivity contribution in [3.8, 4) is 0 Å². The lowest BCUT2D eigenvalue weighted by Gasteiger charge is -2.08. The van der Waals surface area contributed by atoms with E-state index in [0.29, 0.717) is 0 Å². The number of nitrogens with one attached hydrogen (secondary N) is 1. The third kappa shape index (κ3) is 2.34. The van der Waals surface area contributed by atoms with Gasteiger partial charge in [0, 0.05) is 11.9 Å². The first-order valence-corrected chi connectivity index (χ1v) is 4.86. The van der Waals surface area contributed by atoms with Crippen LogP contribution in [0.4, 0.5) is 11.5 Å². The van der Waals surface area contributed by atoms with E-state index in [1.807, 2.05) is 24.3 Å². The van der Waals surface area contributed by atoms with Crippen LogP contribution in [0.3, 0.4) is 0 Å². The lowest BCUT2D eigenvalue weighted by Crippen LogP contribution is -1.95. The molecule has 0 bridgehead atoms. The van der Waals surface area contributed by atoms with Crippen LogP contribution in [0, 0.1) is 13.8 Å². The van der Waals surface area contributed by atoms with Crippen LogP contribution in [-0.4, -0.2) is 4.98 Å². The van der Waals surface area contributed by atoms with Gasteiger partial charge < -0.3 is 5.32 Å². The molecule has 15 heavy (non-hydrogen) atoms. The molecule has 0 unspecified atom stereocenters. The van der Waals surface area contributed by atoms with Gasteiger partial charge in [-0.15, -0.1) is 0 Å². The van der Waals surface area contributed by atoms with Crippen molar-refractivity contribution < 1.29 is 0 Å². The number of pyridine rings is 1. The summed E-state index contributed by atoms with van der Waals surface area (Å²) in [6.07, 6.45) is 1.76. The molecule has 0 aliphatic carbocycles. The van der Waals surface area contributed by atoms with Crippen LogP contribution in [0.15, 0.2) is 42.6 Å². The topological polar surface area (TPSA) is 24.9 Å². The lowest BCUT2D eigenvalue weighted by molar-refractivity contribution is 1.28. The van der Waals surface area contributed by atoms with E-state index < -0.39 is 0 Å². The fourth-order valence-corrected chi connectivity index (χ4v) is 1.41. The quantitative estimate of drug-likeness (QED) is 0.798. The third-order valence-electron chi connectivity index (χ3n) is 2.17. The second kappa shape index (κ2) is 4.13. The molecule has 2 nitrogen and oxygen atoms in total. The van der Waals surface area contributed by atoms with E-state index in [4.69, 9.17) is 0 Å². The molecular formula is C13H13N2. The number of anilines is 2. The Labute approximate surface area is 90.0 Å². The minimum Gasteiger partial charge on any atom is -0.340 e. The Morgan fingerprint density at radius 3 is 2.80 bits per heavy atom. The average Bonchev–Trinajstić information content (AvgIpc) is 2.22. The largest absolute Gasteiger partial charge is 0.340 e. The summed E-state index contributed by atoms with van der Waals surface area (Å²) in [6, 6.07) is 12.0. The number of rotatable bonds is 2.